The van der Waals surface area contributed by atoms with Crippen LogP contribution < -0.4 is 10.5 Å². The summed E-state index contributed by atoms with van der Waals surface area (Å²) in [4.78, 5) is 23.8. The van der Waals surface area contributed by atoms with Crippen molar-refractivity contribution in [3.05, 3.63) is 60.2 Å². The van der Waals surface area contributed by atoms with Gasteiger partial charge in [-0.1, -0.05) is 26.0 Å². The minimum atomic E-state index is -3.84. The van der Waals surface area contributed by atoms with Gasteiger partial charge >= 0.3 is 5.97 Å². The van der Waals surface area contributed by atoms with E-state index in [1.54, 1.807) is 26.0 Å². The maximum Gasteiger partial charge on any atom is 0.331 e. The van der Waals surface area contributed by atoms with Crippen molar-refractivity contribution in [1.29, 1.82) is 0 Å². The number of nitrogens with two attached hydrogens (primary N) is 1. The van der Waals surface area contributed by atoms with Crippen molar-refractivity contribution in [2.24, 2.45) is 5.14 Å². The third kappa shape index (κ3) is 7.49. The van der Waals surface area contributed by atoms with E-state index in [2.05, 4.69) is 5.32 Å². The lowest BCUT2D eigenvalue weighted by Crippen LogP contribution is -2.30. The van der Waals surface area contributed by atoms with Gasteiger partial charge in [0.25, 0.3) is 5.91 Å². The van der Waals surface area contributed by atoms with Gasteiger partial charge in [-0.25, -0.2) is 26.8 Å². The summed E-state index contributed by atoms with van der Waals surface area (Å²) in [6.07, 6.45) is 2.54. The number of esters is 1. The van der Waals surface area contributed by atoms with Crippen LogP contribution in [-0.2, 0) is 34.4 Å². The van der Waals surface area contributed by atoms with Crippen LogP contribution in [0.5, 0.6) is 0 Å². The first kappa shape index (κ1) is 26.2. The monoisotopic (exact) mass is 495 g/mol. The van der Waals surface area contributed by atoms with Crippen molar-refractivity contribution in [2.45, 2.75) is 23.6 Å². The first-order valence-electron chi connectivity index (χ1n) is 9.85. The van der Waals surface area contributed by atoms with E-state index < -0.39 is 38.5 Å². The van der Waals surface area contributed by atoms with E-state index in [-0.39, 0.29) is 9.79 Å². The van der Waals surface area contributed by atoms with Gasteiger partial charge in [0.2, 0.25) is 20.0 Å². The van der Waals surface area contributed by atoms with Crippen molar-refractivity contribution < 1.29 is 31.2 Å². The number of carbonyl (C=O) groups excluding carboxylic acids is 2. The largest absolute Gasteiger partial charge is 0.452 e. The average Bonchev–Trinajstić information content (AvgIpc) is 2.77. The molecule has 3 N–H and O–H groups in total. The highest BCUT2D eigenvalue weighted by Gasteiger charge is 2.21. The fraction of sp³-hybridized carbons (Fsp3) is 0.238. The summed E-state index contributed by atoms with van der Waals surface area (Å²) in [5.74, 6) is -1.39. The number of amides is 1. The van der Waals surface area contributed by atoms with E-state index >= 15 is 0 Å². The van der Waals surface area contributed by atoms with Gasteiger partial charge in [0.05, 0.1) is 9.79 Å². The molecular weight excluding hydrogens is 470 g/mol. The Morgan fingerprint density at radius 1 is 0.939 bits per heavy atom. The first-order valence-corrected chi connectivity index (χ1v) is 12.8. The highest BCUT2D eigenvalue weighted by Crippen LogP contribution is 2.17. The number of hydrogen-bond donors (Lipinski definition) is 2. The van der Waals surface area contributed by atoms with Crippen LogP contribution in [0.3, 0.4) is 0 Å². The molecule has 0 spiro atoms. The van der Waals surface area contributed by atoms with Crippen LogP contribution in [0.2, 0.25) is 0 Å². The maximum absolute atomic E-state index is 12.5. The number of nitrogens with one attached hydrogen (secondary N) is 1. The summed E-state index contributed by atoms with van der Waals surface area (Å²) in [7, 11) is -7.40. The van der Waals surface area contributed by atoms with Crippen LogP contribution in [0.15, 0.2) is 64.4 Å². The van der Waals surface area contributed by atoms with Gasteiger partial charge in [0, 0.05) is 24.9 Å². The molecule has 0 aliphatic carbocycles. The number of primary sulfonamides is 1. The lowest BCUT2D eigenvalue weighted by molar-refractivity contribution is -0.142. The van der Waals surface area contributed by atoms with E-state index in [0.29, 0.717) is 24.3 Å². The molecule has 0 aliphatic heterocycles. The third-order valence-corrected chi connectivity index (χ3v) is 7.44. The molecule has 0 aliphatic rings. The number of benzene rings is 2. The van der Waals surface area contributed by atoms with Gasteiger partial charge in [-0.3, -0.25) is 4.79 Å². The summed E-state index contributed by atoms with van der Waals surface area (Å²) >= 11 is 0. The second-order valence-corrected chi connectivity index (χ2v) is 10.2. The van der Waals surface area contributed by atoms with E-state index in [1.807, 2.05) is 0 Å². The molecule has 0 bridgehead atoms. The zero-order valence-electron chi connectivity index (χ0n) is 18.1. The zero-order valence-corrected chi connectivity index (χ0v) is 19.7. The van der Waals surface area contributed by atoms with Crippen LogP contribution in [0.25, 0.3) is 6.08 Å². The Morgan fingerprint density at radius 3 is 2.00 bits per heavy atom. The number of nitrogens with zero attached hydrogens (tertiary/aromatic N) is 1. The molecule has 0 aromatic heterocycles. The number of anilines is 1. The molecule has 178 valence electrons. The van der Waals surface area contributed by atoms with Gasteiger partial charge in [0.1, 0.15) is 0 Å². The molecule has 0 unspecified atom stereocenters. The summed E-state index contributed by atoms with van der Waals surface area (Å²) < 4.78 is 53.6. The topological polar surface area (TPSA) is 153 Å². The number of carbonyl (C=O) groups is 2. The van der Waals surface area contributed by atoms with E-state index in [0.717, 1.165) is 6.08 Å². The second-order valence-electron chi connectivity index (χ2n) is 6.72. The molecule has 1 amide bonds. The molecular formula is C21H25N3O7S2. The summed E-state index contributed by atoms with van der Waals surface area (Å²) in [6.45, 7) is 3.69. The Labute approximate surface area is 193 Å². The summed E-state index contributed by atoms with van der Waals surface area (Å²) in [5, 5.41) is 7.45. The highest BCUT2D eigenvalue weighted by atomic mass is 32.2. The van der Waals surface area contributed by atoms with Gasteiger partial charge in [-0.15, -0.1) is 0 Å². The Hall–Kier alpha value is -3.06. The van der Waals surface area contributed by atoms with Crippen molar-refractivity contribution in [1.82, 2.24) is 4.31 Å². The maximum atomic E-state index is 12.5. The molecule has 0 heterocycles. The quantitative estimate of drug-likeness (QED) is 0.375. The molecule has 2 aromatic carbocycles. The molecule has 12 heteroatoms. The predicted molar refractivity (Wildman–Crippen MR) is 123 cm³/mol. The second kappa shape index (κ2) is 11.2. The standard InChI is InChI=1S/C21H25N3O7S2/c1-3-24(4-2)33(29,30)19-10-5-16(6-11-19)7-14-21(26)31-15-20(25)23-17-8-12-18(13-9-17)32(22,27)28/h5-14H,3-4,15H2,1-2H3,(H,23,25)(H2,22,27,28)/b14-7+. The smallest absolute Gasteiger partial charge is 0.331 e. The molecule has 2 rings (SSSR count). The summed E-state index contributed by atoms with van der Waals surface area (Å²) in [5.41, 5.74) is 0.878. The van der Waals surface area contributed by atoms with Gasteiger partial charge in [0.15, 0.2) is 6.61 Å². The Morgan fingerprint density at radius 2 is 1.48 bits per heavy atom. The van der Waals surface area contributed by atoms with Crippen LogP contribution in [-0.4, -0.2) is 52.7 Å². The number of rotatable bonds is 10. The summed E-state index contributed by atoms with van der Waals surface area (Å²) in [6, 6.07) is 11.2. The van der Waals surface area contributed by atoms with E-state index in [1.165, 1.54) is 46.8 Å². The van der Waals surface area contributed by atoms with Crippen molar-refractivity contribution >= 4 is 43.7 Å². The molecule has 2 aromatic rings. The first-order chi connectivity index (χ1) is 15.5. The fourth-order valence-electron chi connectivity index (χ4n) is 2.74. The fourth-order valence-corrected chi connectivity index (χ4v) is 4.71. The SMILES string of the molecule is CCN(CC)S(=O)(=O)c1ccc(/C=C/C(=O)OCC(=O)Nc2ccc(S(N)(=O)=O)cc2)cc1. The van der Waals surface area contributed by atoms with Gasteiger partial charge < -0.3 is 10.1 Å². The van der Waals surface area contributed by atoms with E-state index in [9.17, 15) is 26.4 Å². The number of ether oxygens (including phenoxy) is 1. The highest BCUT2D eigenvalue weighted by molar-refractivity contribution is 7.89. The Balaban J connectivity index is 1.89. The average molecular weight is 496 g/mol. The third-order valence-electron chi connectivity index (χ3n) is 4.45. The lowest BCUT2D eigenvalue weighted by Gasteiger charge is -2.18. The minimum absolute atomic E-state index is 0.101. The van der Waals surface area contributed by atoms with Crippen molar-refractivity contribution in [3.63, 3.8) is 0 Å². The lowest BCUT2D eigenvalue weighted by atomic mass is 10.2. The molecule has 33 heavy (non-hydrogen) atoms. The van der Waals surface area contributed by atoms with Crippen LogP contribution >= 0.6 is 0 Å². The van der Waals surface area contributed by atoms with Crippen LogP contribution in [0.4, 0.5) is 5.69 Å². The number of hydrogen-bond acceptors (Lipinski definition) is 7. The zero-order chi connectivity index (χ0) is 24.6. The van der Waals surface area contributed by atoms with Crippen molar-refractivity contribution in [2.75, 3.05) is 25.0 Å². The molecule has 0 saturated carbocycles. The molecule has 0 saturated heterocycles. The van der Waals surface area contributed by atoms with Crippen molar-refractivity contribution in [3.8, 4) is 0 Å². The minimum Gasteiger partial charge on any atom is -0.452 e. The van der Waals surface area contributed by atoms with Crippen LogP contribution in [0, 0.1) is 0 Å². The molecule has 0 radical (unpaired) electrons. The molecule has 0 atom stereocenters. The van der Waals surface area contributed by atoms with Gasteiger partial charge in [-0.05, 0) is 48.0 Å². The Kier molecular flexibility index (Phi) is 8.88. The van der Waals surface area contributed by atoms with Gasteiger partial charge in [-0.2, -0.15) is 4.31 Å². The van der Waals surface area contributed by atoms with Crippen LogP contribution in [0.1, 0.15) is 19.4 Å². The number of sulfonamides is 2. The molecule has 0 fully saturated rings. The normalized spacial score (nSPS) is 12.1. The Bertz CT molecular complexity index is 1220. The molecule has 10 nitrogen and oxygen atoms in total. The predicted octanol–water partition coefficient (Wildman–Crippen LogP) is 1.56. The van der Waals surface area contributed by atoms with E-state index in [4.69, 9.17) is 9.88 Å².